The van der Waals surface area contributed by atoms with Gasteiger partial charge < -0.3 is 4.74 Å². The van der Waals surface area contributed by atoms with Gasteiger partial charge in [0.2, 0.25) is 0 Å². The third kappa shape index (κ3) is 2.36. The predicted molar refractivity (Wildman–Crippen MR) is 101 cm³/mol. The molecule has 0 heterocycles. The first-order valence-corrected chi connectivity index (χ1v) is 8.59. The second-order valence-electron chi connectivity index (χ2n) is 6.89. The molecular formula is C22H18ClFO. The monoisotopic (exact) mass is 352 g/mol. The summed E-state index contributed by atoms with van der Waals surface area (Å²) in [5.74, 6) is 0.342. The summed E-state index contributed by atoms with van der Waals surface area (Å²) in [6.07, 6.45) is 0. The third-order valence-corrected chi connectivity index (χ3v) is 5.36. The summed E-state index contributed by atoms with van der Waals surface area (Å²) in [6.45, 7) is 4.41. The Hall–Kier alpha value is -2.32. The van der Waals surface area contributed by atoms with Gasteiger partial charge in [0.25, 0.3) is 0 Å². The van der Waals surface area contributed by atoms with Crippen molar-refractivity contribution in [1.82, 2.24) is 0 Å². The maximum Gasteiger partial charge on any atom is 0.131 e. The largest absolute Gasteiger partial charge is 0.496 e. The number of ether oxygens (including phenoxy) is 1. The van der Waals surface area contributed by atoms with Crippen molar-refractivity contribution in [3.63, 3.8) is 0 Å². The van der Waals surface area contributed by atoms with Gasteiger partial charge in [-0.05, 0) is 52.6 Å². The van der Waals surface area contributed by atoms with Crippen LogP contribution in [0.2, 0.25) is 5.02 Å². The first-order valence-electron chi connectivity index (χ1n) is 8.21. The molecule has 0 aliphatic heterocycles. The molecule has 25 heavy (non-hydrogen) atoms. The Kier molecular flexibility index (Phi) is 3.62. The first kappa shape index (κ1) is 16.2. The lowest BCUT2D eigenvalue weighted by atomic mass is 9.82. The van der Waals surface area contributed by atoms with Crippen LogP contribution in [0.1, 0.15) is 25.0 Å². The van der Waals surface area contributed by atoms with E-state index in [0.717, 1.165) is 5.56 Å². The maximum atomic E-state index is 14.5. The van der Waals surface area contributed by atoms with Gasteiger partial charge in [0.05, 0.1) is 7.11 Å². The number of hydrogen-bond acceptors (Lipinski definition) is 1. The van der Waals surface area contributed by atoms with E-state index in [-0.39, 0.29) is 11.2 Å². The van der Waals surface area contributed by atoms with Crippen molar-refractivity contribution in [2.75, 3.05) is 7.11 Å². The van der Waals surface area contributed by atoms with E-state index in [2.05, 4.69) is 32.0 Å². The highest BCUT2D eigenvalue weighted by Crippen LogP contribution is 2.51. The number of methoxy groups -OCH3 is 1. The van der Waals surface area contributed by atoms with Crippen LogP contribution in [0.25, 0.3) is 22.3 Å². The van der Waals surface area contributed by atoms with Crippen LogP contribution in [0, 0.1) is 5.82 Å². The molecule has 0 N–H and O–H groups in total. The summed E-state index contributed by atoms with van der Waals surface area (Å²) in [5, 5.41) is 0.500. The highest BCUT2D eigenvalue weighted by atomic mass is 35.5. The Morgan fingerprint density at radius 3 is 2.36 bits per heavy atom. The van der Waals surface area contributed by atoms with E-state index in [0.29, 0.717) is 21.9 Å². The van der Waals surface area contributed by atoms with Crippen molar-refractivity contribution < 1.29 is 9.13 Å². The van der Waals surface area contributed by atoms with Gasteiger partial charge in [0, 0.05) is 21.6 Å². The minimum absolute atomic E-state index is 0.120. The summed E-state index contributed by atoms with van der Waals surface area (Å²) < 4.78 is 20.1. The summed E-state index contributed by atoms with van der Waals surface area (Å²) in [7, 11) is 1.61. The Morgan fingerprint density at radius 1 is 0.840 bits per heavy atom. The summed E-state index contributed by atoms with van der Waals surface area (Å²) in [5.41, 5.74) is 5.82. The lowest BCUT2D eigenvalue weighted by Crippen LogP contribution is -2.15. The SMILES string of the molecule is COc1cc2c(cc1-c1cc(Cl)ccc1F)-c1ccccc1C2(C)C. The lowest BCUT2D eigenvalue weighted by molar-refractivity contribution is 0.415. The fourth-order valence-corrected chi connectivity index (χ4v) is 3.98. The minimum atomic E-state index is -0.312. The summed E-state index contributed by atoms with van der Waals surface area (Å²) in [6, 6.07) is 17.0. The maximum absolute atomic E-state index is 14.5. The van der Waals surface area contributed by atoms with Crippen molar-refractivity contribution in [1.29, 1.82) is 0 Å². The van der Waals surface area contributed by atoms with Crippen molar-refractivity contribution >= 4 is 11.6 Å². The second-order valence-corrected chi connectivity index (χ2v) is 7.33. The van der Waals surface area contributed by atoms with Gasteiger partial charge in [-0.15, -0.1) is 0 Å². The molecule has 3 aromatic rings. The van der Waals surface area contributed by atoms with E-state index in [1.807, 2.05) is 18.2 Å². The predicted octanol–water partition coefficient (Wildman–Crippen LogP) is 6.46. The first-order chi connectivity index (χ1) is 11.9. The summed E-state index contributed by atoms with van der Waals surface area (Å²) in [4.78, 5) is 0. The quantitative estimate of drug-likeness (QED) is 0.514. The van der Waals surface area contributed by atoms with Crippen LogP contribution >= 0.6 is 11.6 Å². The number of rotatable bonds is 2. The fourth-order valence-electron chi connectivity index (χ4n) is 3.81. The molecule has 1 nitrogen and oxygen atoms in total. The van der Waals surface area contributed by atoms with Gasteiger partial charge in [-0.1, -0.05) is 49.7 Å². The smallest absolute Gasteiger partial charge is 0.131 e. The van der Waals surface area contributed by atoms with Gasteiger partial charge in [0.15, 0.2) is 0 Å². The molecule has 1 aliphatic rings. The van der Waals surface area contributed by atoms with Crippen LogP contribution in [-0.2, 0) is 5.41 Å². The van der Waals surface area contributed by atoms with Crippen molar-refractivity contribution in [3.8, 4) is 28.0 Å². The lowest BCUT2D eigenvalue weighted by Gasteiger charge is -2.22. The minimum Gasteiger partial charge on any atom is -0.496 e. The number of fused-ring (bicyclic) bond motifs is 3. The molecule has 0 saturated heterocycles. The molecule has 0 fully saturated rings. The van der Waals surface area contributed by atoms with Crippen LogP contribution < -0.4 is 4.74 Å². The topological polar surface area (TPSA) is 9.23 Å². The van der Waals surface area contributed by atoms with E-state index in [1.54, 1.807) is 19.2 Å². The average molecular weight is 353 g/mol. The zero-order valence-electron chi connectivity index (χ0n) is 14.4. The van der Waals surface area contributed by atoms with Crippen molar-refractivity contribution in [2.45, 2.75) is 19.3 Å². The Balaban J connectivity index is 2.04. The van der Waals surface area contributed by atoms with Crippen LogP contribution in [-0.4, -0.2) is 7.11 Å². The highest BCUT2D eigenvalue weighted by molar-refractivity contribution is 6.30. The molecule has 126 valence electrons. The van der Waals surface area contributed by atoms with Gasteiger partial charge in [-0.25, -0.2) is 4.39 Å². The number of hydrogen-bond donors (Lipinski definition) is 0. The van der Waals surface area contributed by atoms with E-state index in [1.165, 1.54) is 22.8 Å². The second kappa shape index (κ2) is 5.60. The highest BCUT2D eigenvalue weighted by Gasteiger charge is 2.36. The Bertz CT molecular complexity index is 991. The Morgan fingerprint density at radius 2 is 1.60 bits per heavy atom. The summed E-state index contributed by atoms with van der Waals surface area (Å²) >= 11 is 6.10. The van der Waals surface area contributed by atoms with Gasteiger partial charge in [-0.3, -0.25) is 0 Å². The van der Waals surface area contributed by atoms with Crippen LogP contribution in [0.4, 0.5) is 4.39 Å². The fraction of sp³-hybridized carbons (Fsp3) is 0.182. The van der Waals surface area contributed by atoms with E-state index in [9.17, 15) is 4.39 Å². The number of benzene rings is 3. The molecule has 0 amide bonds. The zero-order valence-corrected chi connectivity index (χ0v) is 15.1. The normalized spacial score (nSPS) is 14.1. The zero-order chi connectivity index (χ0) is 17.8. The van der Waals surface area contributed by atoms with E-state index >= 15 is 0 Å². The molecule has 0 unspecified atom stereocenters. The third-order valence-electron chi connectivity index (χ3n) is 5.12. The molecule has 3 aromatic carbocycles. The molecule has 4 rings (SSSR count). The van der Waals surface area contributed by atoms with Crippen LogP contribution in [0.5, 0.6) is 5.75 Å². The molecule has 0 atom stereocenters. The molecule has 0 saturated carbocycles. The van der Waals surface area contributed by atoms with Gasteiger partial charge in [0.1, 0.15) is 11.6 Å². The molecule has 0 aromatic heterocycles. The van der Waals surface area contributed by atoms with Crippen LogP contribution in [0.3, 0.4) is 0 Å². The van der Waals surface area contributed by atoms with Gasteiger partial charge >= 0.3 is 0 Å². The molecule has 0 spiro atoms. The molecule has 0 radical (unpaired) electrons. The molecule has 3 heteroatoms. The number of halogens is 2. The average Bonchev–Trinajstić information content (AvgIpc) is 2.84. The van der Waals surface area contributed by atoms with Crippen molar-refractivity contribution in [2.24, 2.45) is 0 Å². The molecule has 1 aliphatic carbocycles. The van der Waals surface area contributed by atoms with Crippen molar-refractivity contribution in [3.05, 3.63) is 76.6 Å². The van der Waals surface area contributed by atoms with E-state index in [4.69, 9.17) is 16.3 Å². The molecule has 0 bridgehead atoms. The molecular weight excluding hydrogens is 335 g/mol. The van der Waals surface area contributed by atoms with Crippen LogP contribution in [0.15, 0.2) is 54.6 Å². The Labute approximate surface area is 152 Å². The van der Waals surface area contributed by atoms with E-state index < -0.39 is 0 Å². The standard InChI is InChI=1S/C22H18ClFO/c1-22(2)18-7-5-4-6-14(18)15-11-17(21(25-3)12-19(15)22)16-10-13(23)8-9-20(16)24/h4-12H,1-3H3. The van der Waals surface area contributed by atoms with Gasteiger partial charge in [-0.2, -0.15) is 0 Å².